The first-order chi connectivity index (χ1) is 14.5. The van der Waals surface area contributed by atoms with E-state index in [9.17, 15) is 19.2 Å². The molecule has 9 heteroatoms. The van der Waals surface area contributed by atoms with E-state index >= 15 is 0 Å². The second-order valence-corrected chi connectivity index (χ2v) is 7.40. The Morgan fingerprint density at radius 3 is 2.97 bits per heavy atom. The van der Waals surface area contributed by atoms with Crippen LogP contribution in [0, 0.1) is 17.1 Å². The maximum absolute atomic E-state index is 13.5. The monoisotopic (exact) mass is 405 g/mol. The van der Waals surface area contributed by atoms with Crippen LogP contribution in [0.2, 0.25) is 0 Å². The molecule has 1 amide bonds. The summed E-state index contributed by atoms with van der Waals surface area (Å²) in [5.41, 5.74) is 0.655. The van der Waals surface area contributed by atoms with Gasteiger partial charge < -0.3 is 9.64 Å². The highest BCUT2D eigenvalue weighted by Gasteiger charge is 2.37. The number of nitrogens with zero attached hydrogens (tertiary/aromatic N) is 5. The van der Waals surface area contributed by atoms with E-state index in [-0.39, 0.29) is 29.5 Å². The normalized spacial score (nSPS) is 18.5. The first-order valence-electron chi connectivity index (χ1n) is 9.60. The summed E-state index contributed by atoms with van der Waals surface area (Å²) in [6, 6.07) is 9.93. The number of carbonyl (C=O) groups is 1. The number of ether oxygens (including phenoxy) is 1. The van der Waals surface area contributed by atoms with Crippen molar-refractivity contribution in [2.75, 3.05) is 6.54 Å². The van der Waals surface area contributed by atoms with E-state index in [0.717, 1.165) is 17.5 Å². The molecule has 2 aliphatic heterocycles. The number of nitriles is 1. The summed E-state index contributed by atoms with van der Waals surface area (Å²) < 4.78 is 20.4. The Morgan fingerprint density at radius 2 is 2.17 bits per heavy atom. The van der Waals surface area contributed by atoms with Gasteiger partial charge in [-0.15, -0.1) is 5.10 Å². The van der Waals surface area contributed by atoms with Gasteiger partial charge in [0.05, 0.1) is 17.0 Å². The highest BCUT2D eigenvalue weighted by atomic mass is 19.1. The molecule has 5 rings (SSSR count). The second-order valence-electron chi connectivity index (χ2n) is 7.40. The van der Waals surface area contributed by atoms with Gasteiger partial charge in [-0.2, -0.15) is 9.94 Å². The molecular formula is C21H16FN5O3. The van der Waals surface area contributed by atoms with Crippen molar-refractivity contribution in [2.45, 2.75) is 31.5 Å². The Balaban J connectivity index is 1.56. The lowest BCUT2D eigenvalue weighted by Gasteiger charge is -2.31. The Kier molecular flexibility index (Phi) is 4.20. The zero-order valence-electron chi connectivity index (χ0n) is 15.8. The van der Waals surface area contributed by atoms with Crippen molar-refractivity contribution in [2.24, 2.45) is 0 Å². The van der Waals surface area contributed by atoms with E-state index in [4.69, 9.17) is 4.74 Å². The molecule has 0 radical (unpaired) electrons. The third kappa shape index (κ3) is 2.88. The highest BCUT2D eigenvalue weighted by Crippen LogP contribution is 2.34. The second kappa shape index (κ2) is 6.91. The molecule has 2 aromatic carbocycles. The Bertz CT molecular complexity index is 1280. The zero-order valence-corrected chi connectivity index (χ0v) is 15.8. The molecule has 0 spiro atoms. The number of carbonyl (C=O) groups excluding carboxylic acids is 1. The Morgan fingerprint density at radius 1 is 1.30 bits per heavy atom. The number of benzene rings is 2. The summed E-state index contributed by atoms with van der Waals surface area (Å²) in [4.78, 5) is 27.5. The number of hydrogen-bond donors (Lipinski definition) is 0. The van der Waals surface area contributed by atoms with Crippen LogP contribution >= 0.6 is 0 Å². The van der Waals surface area contributed by atoms with E-state index in [0.29, 0.717) is 23.4 Å². The average Bonchev–Trinajstić information content (AvgIpc) is 3.21. The van der Waals surface area contributed by atoms with Crippen LogP contribution in [0.1, 0.15) is 34.8 Å². The minimum Gasteiger partial charge on any atom is -0.470 e. The minimum atomic E-state index is -0.958. The van der Waals surface area contributed by atoms with Crippen LogP contribution in [0.3, 0.4) is 0 Å². The van der Waals surface area contributed by atoms with Gasteiger partial charge in [-0.25, -0.2) is 4.39 Å². The van der Waals surface area contributed by atoms with Crippen molar-refractivity contribution >= 4 is 16.8 Å². The van der Waals surface area contributed by atoms with Gasteiger partial charge in [0.1, 0.15) is 23.1 Å². The number of aromatic nitrogens is 3. The third-order valence-corrected chi connectivity index (χ3v) is 5.50. The smallest absolute Gasteiger partial charge is 0.279 e. The first-order valence-corrected chi connectivity index (χ1v) is 9.60. The van der Waals surface area contributed by atoms with Gasteiger partial charge in [0.2, 0.25) is 0 Å². The van der Waals surface area contributed by atoms with Crippen molar-refractivity contribution in [3.05, 3.63) is 63.7 Å². The summed E-state index contributed by atoms with van der Waals surface area (Å²) in [5.74, 6) is -0.228. The fourth-order valence-corrected chi connectivity index (χ4v) is 4.02. The quantitative estimate of drug-likeness (QED) is 0.662. The molecule has 0 unspecified atom stereocenters. The lowest BCUT2D eigenvalue weighted by atomic mass is 10.1. The Hall–Kier alpha value is -3.80. The van der Waals surface area contributed by atoms with Gasteiger partial charge in [-0.05, 0) is 36.2 Å². The van der Waals surface area contributed by atoms with Gasteiger partial charge in [-0.3, -0.25) is 9.59 Å². The van der Waals surface area contributed by atoms with Crippen molar-refractivity contribution < 1.29 is 13.9 Å². The summed E-state index contributed by atoms with van der Waals surface area (Å²) in [6.07, 6.45) is 1.39. The SMILES string of the molecule is N#C[C@H](Cc1cccc(F)c1)n1nnc2cc3c(cc2c1=O)O[C@@H]1CCCN1C3=O. The van der Waals surface area contributed by atoms with Gasteiger partial charge in [-0.1, -0.05) is 17.3 Å². The number of fused-ring (bicyclic) bond motifs is 3. The number of amides is 1. The molecule has 1 aromatic heterocycles. The molecular weight excluding hydrogens is 389 g/mol. The van der Waals surface area contributed by atoms with Gasteiger partial charge in [0.15, 0.2) is 6.23 Å². The van der Waals surface area contributed by atoms with Gasteiger partial charge in [0.25, 0.3) is 11.5 Å². The van der Waals surface area contributed by atoms with Gasteiger partial charge in [0, 0.05) is 19.4 Å². The molecule has 1 saturated heterocycles. The largest absolute Gasteiger partial charge is 0.470 e. The standard InChI is InChI=1S/C21H16FN5O3/c22-13-4-1-3-12(7-13)8-14(11-23)27-21(29)15-10-18-16(9-17(15)24-25-27)20(28)26-6-2-5-19(26)30-18/h1,3-4,7,9-10,14,19H,2,5-6,8H2/t14-,19+/m0/s1. The lowest BCUT2D eigenvalue weighted by molar-refractivity contribution is 0.0295. The van der Waals surface area contributed by atoms with Crippen molar-refractivity contribution in [1.82, 2.24) is 19.9 Å². The molecule has 2 aliphatic rings. The maximum Gasteiger partial charge on any atom is 0.279 e. The molecule has 150 valence electrons. The predicted molar refractivity (Wildman–Crippen MR) is 103 cm³/mol. The van der Waals surface area contributed by atoms with E-state index in [2.05, 4.69) is 10.3 Å². The molecule has 3 aromatic rings. The molecule has 0 aliphatic carbocycles. The van der Waals surface area contributed by atoms with E-state index in [1.165, 1.54) is 24.3 Å². The fraction of sp³-hybridized carbons (Fsp3) is 0.286. The molecule has 0 N–H and O–H groups in total. The van der Waals surface area contributed by atoms with Crippen molar-refractivity contribution in [1.29, 1.82) is 5.26 Å². The van der Waals surface area contributed by atoms with Crippen molar-refractivity contribution in [3.63, 3.8) is 0 Å². The topological polar surface area (TPSA) is 101 Å². The summed E-state index contributed by atoms with van der Waals surface area (Å²) >= 11 is 0. The van der Waals surface area contributed by atoms with Crippen LogP contribution < -0.4 is 10.3 Å². The van der Waals surface area contributed by atoms with Crippen LogP contribution in [-0.4, -0.2) is 38.6 Å². The number of rotatable bonds is 3. The van der Waals surface area contributed by atoms with Crippen molar-refractivity contribution in [3.8, 4) is 11.8 Å². The molecule has 2 atom stereocenters. The fourth-order valence-electron chi connectivity index (χ4n) is 4.02. The minimum absolute atomic E-state index is 0.102. The maximum atomic E-state index is 13.5. The molecule has 3 heterocycles. The number of halogens is 1. The highest BCUT2D eigenvalue weighted by molar-refractivity contribution is 6.01. The zero-order chi connectivity index (χ0) is 20.8. The summed E-state index contributed by atoms with van der Waals surface area (Å²) in [7, 11) is 0. The van der Waals surface area contributed by atoms with Gasteiger partial charge >= 0.3 is 0 Å². The predicted octanol–water partition coefficient (Wildman–Crippen LogP) is 2.19. The van der Waals surface area contributed by atoms with Crippen LogP contribution in [0.4, 0.5) is 4.39 Å². The molecule has 0 bridgehead atoms. The summed E-state index contributed by atoms with van der Waals surface area (Å²) in [6.45, 7) is 0.637. The third-order valence-electron chi connectivity index (χ3n) is 5.50. The van der Waals surface area contributed by atoms with Crippen LogP contribution in [0.5, 0.6) is 5.75 Å². The van der Waals surface area contributed by atoms with Crippen LogP contribution in [0.25, 0.3) is 10.9 Å². The molecule has 30 heavy (non-hydrogen) atoms. The first kappa shape index (κ1) is 18.2. The molecule has 1 fully saturated rings. The lowest BCUT2D eigenvalue weighted by Crippen LogP contribution is -2.43. The van der Waals surface area contributed by atoms with E-state index in [1.807, 2.05) is 6.07 Å². The van der Waals surface area contributed by atoms with Crippen LogP contribution in [0.15, 0.2) is 41.2 Å². The molecule has 8 nitrogen and oxygen atoms in total. The average molecular weight is 405 g/mol. The van der Waals surface area contributed by atoms with E-state index in [1.54, 1.807) is 17.0 Å². The number of hydrogen-bond acceptors (Lipinski definition) is 6. The Labute approximate surface area is 170 Å². The van der Waals surface area contributed by atoms with Crippen LogP contribution in [-0.2, 0) is 6.42 Å². The molecule has 0 saturated carbocycles. The summed E-state index contributed by atoms with van der Waals surface area (Å²) in [5, 5.41) is 17.8. The van der Waals surface area contributed by atoms with E-state index < -0.39 is 17.4 Å².